The number of para-hydroxylation sites is 1. The molecule has 0 radical (unpaired) electrons. The molecule has 31 heavy (non-hydrogen) atoms. The number of ether oxygens (including phenoxy) is 1. The van der Waals surface area contributed by atoms with Crippen LogP contribution in [0.15, 0.2) is 73.3 Å². The third-order valence-corrected chi connectivity index (χ3v) is 5.08. The van der Waals surface area contributed by atoms with Crippen LogP contribution in [0.1, 0.15) is 26.3 Å². The molecule has 1 heterocycles. The molecule has 0 saturated heterocycles. The summed E-state index contributed by atoms with van der Waals surface area (Å²) in [6, 6.07) is 19.9. The summed E-state index contributed by atoms with van der Waals surface area (Å²) >= 11 is 0. The quantitative estimate of drug-likeness (QED) is 0.455. The molecule has 1 N–H and O–H groups in total. The van der Waals surface area contributed by atoms with Gasteiger partial charge in [0.15, 0.2) is 0 Å². The van der Waals surface area contributed by atoms with Crippen molar-refractivity contribution in [3.05, 3.63) is 78.9 Å². The Morgan fingerprint density at radius 3 is 2.32 bits per heavy atom. The number of hydrogen-bond acceptors (Lipinski definition) is 4. The van der Waals surface area contributed by atoms with E-state index < -0.39 is 5.60 Å². The molecule has 1 atom stereocenters. The van der Waals surface area contributed by atoms with Crippen LogP contribution in [0.3, 0.4) is 0 Å². The fourth-order valence-electron chi connectivity index (χ4n) is 3.69. The smallest absolute Gasteiger partial charge is 0.222 e. The van der Waals surface area contributed by atoms with Crippen molar-refractivity contribution in [2.24, 2.45) is 13.0 Å². The Bertz CT molecular complexity index is 979. The normalized spacial score (nSPS) is 13.4. The van der Waals surface area contributed by atoms with Crippen LogP contribution in [0, 0.1) is 5.92 Å². The lowest BCUT2D eigenvalue weighted by atomic mass is 10.0. The monoisotopic (exact) mass is 419 g/mol. The molecule has 3 aromatic rings. The number of nitrogens with zero attached hydrogens (tertiary/aromatic N) is 3. The first-order valence-electron chi connectivity index (χ1n) is 10.7. The van der Waals surface area contributed by atoms with Gasteiger partial charge in [-0.25, -0.2) is 4.68 Å². The van der Waals surface area contributed by atoms with Crippen LogP contribution in [0.5, 0.6) is 11.6 Å². The van der Waals surface area contributed by atoms with E-state index in [1.165, 1.54) is 0 Å². The van der Waals surface area contributed by atoms with E-state index in [2.05, 4.69) is 37.5 Å². The highest BCUT2D eigenvalue weighted by Gasteiger charge is 2.26. The summed E-state index contributed by atoms with van der Waals surface area (Å²) in [5, 5.41) is 15.5. The van der Waals surface area contributed by atoms with Crippen molar-refractivity contribution < 1.29 is 9.84 Å². The Labute approximate surface area is 185 Å². The minimum Gasteiger partial charge on any atom is -0.439 e. The lowest BCUT2D eigenvalue weighted by molar-refractivity contribution is 0.0539. The van der Waals surface area contributed by atoms with Crippen molar-refractivity contribution in [3.8, 4) is 22.9 Å². The van der Waals surface area contributed by atoms with Crippen molar-refractivity contribution in [1.82, 2.24) is 14.7 Å². The zero-order chi connectivity index (χ0) is 22.4. The second-order valence-corrected chi connectivity index (χ2v) is 8.66. The third-order valence-electron chi connectivity index (χ3n) is 5.08. The number of aliphatic hydroxyl groups is 1. The average molecular weight is 420 g/mol. The summed E-state index contributed by atoms with van der Waals surface area (Å²) in [5.41, 5.74) is 1.94. The first kappa shape index (κ1) is 22.8. The Hall–Kier alpha value is -2.89. The molecule has 0 bridgehead atoms. The fraction of sp³-hybridized carbons (Fsp3) is 0.346. The van der Waals surface area contributed by atoms with E-state index in [-0.39, 0.29) is 0 Å². The van der Waals surface area contributed by atoms with E-state index >= 15 is 0 Å². The minimum atomic E-state index is -0.982. The molecule has 0 fully saturated rings. The van der Waals surface area contributed by atoms with E-state index in [0.29, 0.717) is 24.9 Å². The van der Waals surface area contributed by atoms with Crippen molar-refractivity contribution in [2.45, 2.75) is 32.9 Å². The number of aromatic nitrogens is 2. The molecule has 1 aromatic heterocycles. The maximum atomic E-state index is 10.7. The number of aryl methyl sites for hydroxylation is 1. The van der Waals surface area contributed by atoms with Gasteiger partial charge in [0.05, 0.1) is 11.2 Å². The zero-order valence-electron chi connectivity index (χ0n) is 19.0. The fourth-order valence-corrected chi connectivity index (χ4v) is 3.69. The van der Waals surface area contributed by atoms with E-state index in [0.717, 1.165) is 29.1 Å². The first-order valence-corrected chi connectivity index (χ1v) is 10.7. The summed E-state index contributed by atoms with van der Waals surface area (Å²) in [6.45, 7) is 11.8. The molecule has 164 valence electrons. The molecule has 0 unspecified atom stereocenters. The van der Waals surface area contributed by atoms with E-state index in [4.69, 9.17) is 9.84 Å². The van der Waals surface area contributed by atoms with Gasteiger partial charge < -0.3 is 9.84 Å². The molecular weight excluding hydrogens is 386 g/mol. The highest BCUT2D eigenvalue weighted by Crippen LogP contribution is 2.34. The van der Waals surface area contributed by atoms with Gasteiger partial charge in [-0.1, -0.05) is 68.5 Å². The highest BCUT2D eigenvalue weighted by atomic mass is 16.5. The van der Waals surface area contributed by atoms with Gasteiger partial charge in [0.1, 0.15) is 11.4 Å². The number of hydrogen-bond donors (Lipinski definition) is 1. The SMILES string of the molecule is C=C[C@](C)(O)CN(Cc1c(-c2ccccc2)nn(C)c1Oc1ccccc1)CC(C)C. The lowest BCUT2D eigenvalue weighted by Crippen LogP contribution is -2.40. The van der Waals surface area contributed by atoms with Gasteiger partial charge in [0.25, 0.3) is 0 Å². The van der Waals surface area contributed by atoms with Crippen LogP contribution in [0.4, 0.5) is 0 Å². The van der Waals surface area contributed by atoms with Crippen LogP contribution in [-0.2, 0) is 13.6 Å². The molecule has 0 aliphatic rings. The molecule has 5 heteroatoms. The van der Waals surface area contributed by atoms with Crippen LogP contribution < -0.4 is 4.74 Å². The Morgan fingerprint density at radius 1 is 1.13 bits per heavy atom. The lowest BCUT2D eigenvalue weighted by Gasteiger charge is -2.31. The molecule has 0 aliphatic carbocycles. The van der Waals surface area contributed by atoms with Crippen molar-refractivity contribution in [2.75, 3.05) is 13.1 Å². The summed E-state index contributed by atoms with van der Waals surface area (Å²) < 4.78 is 8.09. The maximum Gasteiger partial charge on any atom is 0.222 e. The second kappa shape index (κ2) is 9.94. The Morgan fingerprint density at radius 2 is 1.74 bits per heavy atom. The van der Waals surface area contributed by atoms with Crippen LogP contribution >= 0.6 is 0 Å². The number of rotatable bonds is 10. The summed E-state index contributed by atoms with van der Waals surface area (Å²) in [5.74, 6) is 1.91. The van der Waals surface area contributed by atoms with Gasteiger partial charge in [-0.15, -0.1) is 6.58 Å². The zero-order valence-corrected chi connectivity index (χ0v) is 19.0. The van der Waals surface area contributed by atoms with Gasteiger partial charge in [-0.05, 0) is 25.0 Å². The summed E-state index contributed by atoms with van der Waals surface area (Å²) in [4.78, 5) is 2.24. The predicted molar refractivity (Wildman–Crippen MR) is 126 cm³/mol. The predicted octanol–water partition coefficient (Wildman–Crippen LogP) is 5.27. The highest BCUT2D eigenvalue weighted by molar-refractivity contribution is 5.65. The van der Waals surface area contributed by atoms with Crippen LogP contribution in [0.2, 0.25) is 0 Å². The first-order chi connectivity index (χ1) is 14.8. The summed E-state index contributed by atoms with van der Waals surface area (Å²) in [6.07, 6.45) is 1.60. The van der Waals surface area contributed by atoms with Crippen LogP contribution in [0.25, 0.3) is 11.3 Å². The van der Waals surface area contributed by atoms with Gasteiger partial charge in [-0.2, -0.15) is 5.10 Å². The second-order valence-electron chi connectivity index (χ2n) is 8.66. The third kappa shape index (κ3) is 6.06. The van der Waals surface area contributed by atoms with Gasteiger partial charge in [0, 0.05) is 32.2 Å². The van der Waals surface area contributed by atoms with Gasteiger partial charge in [-0.3, -0.25) is 4.90 Å². The van der Waals surface area contributed by atoms with E-state index in [1.807, 2.05) is 55.6 Å². The Kier molecular flexibility index (Phi) is 7.31. The molecular formula is C26H33N3O2. The summed E-state index contributed by atoms with van der Waals surface area (Å²) in [7, 11) is 1.90. The average Bonchev–Trinajstić information content (AvgIpc) is 3.04. The van der Waals surface area contributed by atoms with Crippen molar-refractivity contribution in [1.29, 1.82) is 0 Å². The van der Waals surface area contributed by atoms with E-state index in [1.54, 1.807) is 17.7 Å². The molecule has 2 aromatic carbocycles. The van der Waals surface area contributed by atoms with Crippen molar-refractivity contribution in [3.63, 3.8) is 0 Å². The molecule has 3 rings (SSSR count). The molecule has 0 aliphatic heterocycles. The largest absolute Gasteiger partial charge is 0.439 e. The Balaban J connectivity index is 2.04. The molecule has 0 saturated carbocycles. The van der Waals surface area contributed by atoms with Gasteiger partial charge >= 0.3 is 0 Å². The standard InChI is InChI=1S/C26H33N3O2/c1-6-26(4,30)19-29(17-20(2)3)18-23-24(21-13-9-7-10-14-21)27-28(5)25(23)31-22-15-11-8-12-16-22/h6-16,20,30H,1,17-19H2,2-5H3/t26-/m0/s1. The molecule has 0 spiro atoms. The number of benzene rings is 2. The van der Waals surface area contributed by atoms with E-state index in [9.17, 15) is 5.11 Å². The van der Waals surface area contributed by atoms with Crippen molar-refractivity contribution >= 4 is 0 Å². The van der Waals surface area contributed by atoms with Crippen LogP contribution in [-0.4, -0.2) is 38.5 Å². The molecule has 0 amide bonds. The topological polar surface area (TPSA) is 50.5 Å². The maximum absolute atomic E-state index is 10.7. The minimum absolute atomic E-state index is 0.441. The molecule has 5 nitrogen and oxygen atoms in total. The van der Waals surface area contributed by atoms with Gasteiger partial charge in [0.2, 0.25) is 5.88 Å².